The third-order valence-corrected chi connectivity index (χ3v) is 6.92. The summed E-state index contributed by atoms with van der Waals surface area (Å²) in [6, 6.07) is 5.47. The Balaban J connectivity index is 1.38. The third kappa shape index (κ3) is 6.00. The van der Waals surface area contributed by atoms with Gasteiger partial charge < -0.3 is 19.7 Å². The molecule has 0 spiro atoms. The first-order valence-electron chi connectivity index (χ1n) is 11.6. The van der Waals surface area contributed by atoms with Crippen LogP contribution in [0.3, 0.4) is 0 Å². The predicted molar refractivity (Wildman–Crippen MR) is 117 cm³/mol. The van der Waals surface area contributed by atoms with Gasteiger partial charge in [-0.1, -0.05) is 12.1 Å². The van der Waals surface area contributed by atoms with E-state index in [4.69, 9.17) is 4.74 Å². The molecule has 4 rings (SSSR count). The zero-order valence-corrected chi connectivity index (χ0v) is 19.2. The van der Waals surface area contributed by atoms with Crippen molar-refractivity contribution in [3.8, 4) is 5.75 Å². The van der Waals surface area contributed by atoms with Crippen LogP contribution >= 0.6 is 0 Å². The van der Waals surface area contributed by atoms with Crippen LogP contribution in [-0.4, -0.2) is 97.4 Å². The molecular formula is C23H31F3N4O4. The number of alkyl halides is 3. The lowest BCUT2D eigenvalue weighted by Crippen LogP contribution is -2.49. The van der Waals surface area contributed by atoms with Crippen molar-refractivity contribution in [2.24, 2.45) is 0 Å². The van der Waals surface area contributed by atoms with E-state index in [1.165, 1.54) is 18.2 Å². The predicted octanol–water partition coefficient (Wildman–Crippen LogP) is 1.60. The van der Waals surface area contributed by atoms with Gasteiger partial charge in [0.25, 0.3) is 0 Å². The molecule has 0 radical (unpaired) electrons. The van der Waals surface area contributed by atoms with Gasteiger partial charge in [-0.15, -0.1) is 13.2 Å². The second-order valence-electron chi connectivity index (χ2n) is 9.06. The zero-order valence-electron chi connectivity index (χ0n) is 19.2. The smallest absolute Gasteiger partial charge is 0.406 e. The normalized spacial score (nSPS) is 26.6. The Hall–Kier alpha value is -2.37. The first-order valence-corrected chi connectivity index (χ1v) is 11.6. The molecule has 3 heterocycles. The lowest BCUT2D eigenvalue weighted by molar-refractivity contribution is -0.274. The van der Waals surface area contributed by atoms with E-state index in [0.717, 1.165) is 6.42 Å². The minimum atomic E-state index is -4.75. The number of nitrogens with one attached hydrogen (secondary N) is 1. The molecule has 3 saturated heterocycles. The van der Waals surface area contributed by atoms with Crippen LogP contribution in [0.15, 0.2) is 24.3 Å². The van der Waals surface area contributed by atoms with Gasteiger partial charge in [-0.3, -0.25) is 19.4 Å². The number of hydrogen-bond donors (Lipinski definition) is 1. The molecule has 0 bridgehead atoms. The van der Waals surface area contributed by atoms with E-state index in [1.807, 2.05) is 16.8 Å². The first-order chi connectivity index (χ1) is 16.2. The van der Waals surface area contributed by atoms with E-state index in [2.05, 4.69) is 15.0 Å². The van der Waals surface area contributed by atoms with Gasteiger partial charge in [-0.05, 0) is 37.6 Å². The Bertz CT molecular complexity index is 878. The summed E-state index contributed by atoms with van der Waals surface area (Å²) in [4.78, 5) is 31.6. The number of halogens is 3. The Morgan fingerprint density at radius 3 is 2.74 bits per heavy atom. The van der Waals surface area contributed by atoms with Crippen LogP contribution in [0.4, 0.5) is 13.2 Å². The molecule has 3 aliphatic rings. The molecule has 1 aromatic rings. The molecule has 3 atom stereocenters. The number of ether oxygens (including phenoxy) is 2. The number of hydrogen-bond acceptors (Lipinski definition) is 6. The molecule has 0 aliphatic carbocycles. The van der Waals surface area contributed by atoms with E-state index in [0.29, 0.717) is 64.3 Å². The van der Waals surface area contributed by atoms with Crippen LogP contribution in [0.1, 0.15) is 24.8 Å². The second-order valence-corrected chi connectivity index (χ2v) is 9.06. The minimum Gasteiger partial charge on any atom is -0.406 e. The molecule has 0 saturated carbocycles. The number of amides is 2. The van der Waals surface area contributed by atoms with Crippen LogP contribution in [-0.2, 0) is 20.9 Å². The molecule has 3 fully saturated rings. The monoisotopic (exact) mass is 484 g/mol. The molecule has 11 heteroatoms. The van der Waals surface area contributed by atoms with E-state index < -0.39 is 12.4 Å². The molecule has 188 valence electrons. The highest BCUT2D eigenvalue weighted by atomic mass is 19.4. The van der Waals surface area contributed by atoms with Gasteiger partial charge in [0.2, 0.25) is 11.8 Å². The maximum absolute atomic E-state index is 13.0. The average Bonchev–Trinajstić information content (AvgIpc) is 3.16. The maximum Gasteiger partial charge on any atom is 0.573 e. The minimum absolute atomic E-state index is 0.0272. The van der Waals surface area contributed by atoms with Crippen LogP contribution in [0, 0.1) is 0 Å². The lowest BCUT2D eigenvalue weighted by atomic mass is 10.0. The number of morpholine rings is 1. The van der Waals surface area contributed by atoms with Crippen molar-refractivity contribution in [3.63, 3.8) is 0 Å². The van der Waals surface area contributed by atoms with Crippen LogP contribution in [0.25, 0.3) is 0 Å². The molecule has 1 aromatic carbocycles. The quantitative estimate of drug-likeness (QED) is 0.662. The van der Waals surface area contributed by atoms with E-state index in [9.17, 15) is 22.8 Å². The van der Waals surface area contributed by atoms with Crippen molar-refractivity contribution >= 4 is 11.8 Å². The number of benzene rings is 1. The largest absolute Gasteiger partial charge is 0.573 e. The van der Waals surface area contributed by atoms with Gasteiger partial charge in [-0.2, -0.15) is 0 Å². The standard InChI is InChI=1S/C23H31F3N4O4/c1-28-17(5-6-20(31)29-9-11-33-12-10-29)14-27-22(32)21-19(28)7-8-30(21)15-16-3-2-4-18(13-16)34-23(24,25)26/h2-4,13,17,19,21H,5-12,14-15H2,1H3,(H,27,32). The molecular weight excluding hydrogens is 453 g/mol. The molecule has 3 unspecified atom stereocenters. The summed E-state index contributed by atoms with van der Waals surface area (Å²) in [5, 5.41) is 3.02. The fourth-order valence-electron chi connectivity index (χ4n) is 5.16. The lowest BCUT2D eigenvalue weighted by Gasteiger charge is -2.33. The van der Waals surface area contributed by atoms with Crippen molar-refractivity contribution in [2.45, 2.75) is 50.3 Å². The van der Waals surface area contributed by atoms with Gasteiger partial charge in [0.05, 0.1) is 13.2 Å². The summed E-state index contributed by atoms with van der Waals surface area (Å²) < 4.78 is 47.1. The van der Waals surface area contributed by atoms with Crippen LogP contribution in [0.2, 0.25) is 0 Å². The van der Waals surface area contributed by atoms with E-state index in [-0.39, 0.29) is 29.6 Å². The van der Waals surface area contributed by atoms with Crippen molar-refractivity contribution in [1.29, 1.82) is 0 Å². The second kappa shape index (κ2) is 10.5. The van der Waals surface area contributed by atoms with Crippen LogP contribution in [0.5, 0.6) is 5.75 Å². The van der Waals surface area contributed by atoms with E-state index in [1.54, 1.807) is 6.07 Å². The maximum atomic E-state index is 13.0. The number of likely N-dealkylation sites (N-methyl/N-ethyl adjacent to an activating group) is 1. The Labute approximate surface area is 196 Å². The summed E-state index contributed by atoms with van der Waals surface area (Å²) in [5.74, 6) is -0.245. The number of carbonyl (C=O) groups is 2. The molecule has 2 amide bonds. The Morgan fingerprint density at radius 1 is 1.24 bits per heavy atom. The summed E-state index contributed by atoms with van der Waals surface area (Å²) in [6.07, 6.45) is -2.92. The van der Waals surface area contributed by atoms with Crippen molar-refractivity contribution in [2.75, 3.05) is 46.4 Å². The SMILES string of the molecule is CN1C(CCC(=O)N2CCOCC2)CNC(=O)C2C1CCN2Cc1cccc(OC(F)(F)F)c1. The number of likely N-dealkylation sites (tertiary alicyclic amines) is 1. The van der Waals surface area contributed by atoms with Crippen molar-refractivity contribution in [1.82, 2.24) is 20.0 Å². The number of carbonyl (C=O) groups excluding carboxylic acids is 2. The highest BCUT2D eigenvalue weighted by molar-refractivity contribution is 5.83. The van der Waals surface area contributed by atoms with Gasteiger partial charge in [-0.25, -0.2) is 0 Å². The zero-order chi connectivity index (χ0) is 24.3. The summed E-state index contributed by atoms with van der Waals surface area (Å²) in [5.41, 5.74) is 0.648. The third-order valence-electron chi connectivity index (χ3n) is 6.92. The Kier molecular flexibility index (Phi) is 7.63. The number of nitrogens with zero attached hydrogens (tertiary/aromatic N) is 3. The Morgan fingerprint density at radius 2 is 2.00 bits per heavy atom. The van der Waals surface area contributed by atoms with Gasteiger partial charge >= 0.3 is 6.36 Å². The van der Waals surface area contributed by atoms with Crippen LogP contribution < -0.4 is 10.1 Å². The molecule has 34 heavy (non-hydrogen) atoms. The average molecular weight is 485 g/mol. The molecule has 3 aliphatic heterocycles. The highest BCUT2D eigenvalue weighted by Gasteiger charge is 2.45. The van der Waals surface area contributed by atoms with Gasteiger partial charge in [0.1, 0.15) is 11.8 Å². The summed E-state index contributed by atoms with van der Waals surface area (Å²) in [6.45, 7) is 3.82. The van der Waals surface area contributed by atoms with E-state index >= 15 is 0 Å². The molecule has 8 nitrogen and oxygen atoms in total. The number of rotatable bonds is 6. The van der Waals surface area contributed by atoms with Crippen molar-refractivity contribution < 1.29 is 32.2 Å². The van der Waals surface area contributed by atoms with Gasteiger partial charge in [0.15, 0.2) is 0 Å². The number of fused-ring (bicyclic) bond motifs is 1. The molecule has 1 N–H and O–H groups in total. The fraction of sp³-hybridized carbons (Fsp3) is 0.652. The molecule has 0 aromatic heterocycles. The van der Waals surface area contributed by atoms with Crippen molar-refractivity contribution in [3.05, 3.63) is 29.8 Å². The summed E-state index contributed by atoms with van der Waals surface area (Å²) >= 11 is 0. The highest BCUT2D eigenvalue weighted by Crippen LogP contribution is 2.30. The summed E-state index contributed by atoms with van der Waals surface area (Å²) in [7, 11) is 1.99. The first kappa shape index (κ1) is 24.7. The fourth-order valence-corrected chi connectivity index (χ4v) is 5.16. The topological polar surface area (TPSA) is 74.4 Å². The van der Waals surface area contributed by atoms with Gasteiger partial charge in [0, 0.05) is 51.2 Å².